The van der Waals surface area contributed by atoms with Crippen LogP contribution in [0.1, 0.15) is 38.7 Å². The van der Waals surface area contributed by atoms with E-state index in [0.29, 0.717) is 11.6 Å². The average Bonchev–Trinajstić information content (AvgIpc) is 2.58. The Morgan fingerprint density at radius 1 is 1.04 bits per heavy atom. The van der Waals surface area contributed by atoms with E-state index in [1.807, 2.05) is 24.3 Å². The number of hydrogen-bond acceptors (Lipinski definition) is 5. The lowest BCUT2D eigenvalue weighted by Gasteiger charge is -2.10. The van der Waals surface area contributed by atoms with Crippen LogP contribution >= 0.6 is 0 Å². The molecule has 0 spiro atoms. The summed E-state index contributed by atoms with van der Waals surface area (Å²) in [4.78, 5) is 34.1. The van der Waals surface area contributed by atoms with E-state index in [9.17, 15) is 14.4 Å². The van der Waals surface area contributed by atoms with Crippen LogP contribution in [0.5, 0.6) is 0 Å². The van der Waals surface area contributed by atoms with Gasteiger partial charge < -0.3 is 14.8 Å². The Balaban J connectivity index is 2.41. The van der Waals surface area contributed by atoms with Gasteiger partial charge in [0.2, 0.25) is 0 Å². The van der Waals surface area contributed by atoms with Gasteiger partial charge in [-0.3, -0.25) is 4.79 Å². The van der Waals surface area contributed by atoms with Crippen molar-refractivity contribution in [1.82, 2.24) is 0 Å². The molecule has 1 atom stereocenters. The molecule has 6 heteroatoms. The quantitative estimate of drug-likeness (QED) is 0.584. The summed E-state index contributed by atoms with van der Waals surface area (Å²) in [5, 5.41) is 2.63. The van der Waals surface area contributed by atoms with Gasteiger partial charge in [-0.2, -0.15) is 0 Å². The molecule has 1 aromatic carbocycles. The highest BCUT2D eigenvalue weighted by atomic mass is 16.5. The highest BCUT2D eigenvalue weighted by Gasteiger charge is 2.07. The van der Waals surface area contributed by atoms with E-state index in [1.165, 1.54) is 5.56 Å². The molecule has 0 saturated carbocycles. The van der Waals surface area contributed by atoms with Crippen LogP contribution < -0.4 is 5.32 Å². The van der Waals surface area contributed by atoms with Crippen molar-refractivity contribution < 1.29 is 23.9 Å². The summed E-state index contributed by atoms with van der Waals surface area (Å²) in [6.07, 6.45) is 2.92. The number of carbonyl (C=O) groups is 3. The minimum atomic E-state index is -0.787. The van der Waals surface area contributed by atoms with Gasteiger partial charge in [0.25, 0.3) is 5.91 Å². The number of anilines is 1. The van der Waals surface area contributed by atoms with Crippen LogP contribution in [0.15, 0.2) is 36.4 Å². The first-order chi connectivity index (χ1) is 11.5. The van der Waals surface area contributed by atoms with Gasteiger partial charge in [0.15, 0.2) is 6.61 Å². The molecule has 0 bridgehead atoms. The van der Waals surface area contributed by atoms with Gasteiger partial charge in [-0.1, -0.05) is 26.0 Å². The Morgan fingerprint density at radius 2 is 1.62 bits per heavy atom. The van der Waals surface area contributed by atoms with Crippen molar-refractivity contribution in [2.75, 3.05) is 18.5 Å². The second-order valence-electron chi connectivity index (χ2n) is 5.17. The summed E-state index contributed by atoms with van der Waals surface area (Å²) in [7, 11) is 0. The van der Waals surface area contributed by atoms with Crippen LogP contribution in [0.2, 0.25) is 0 Å². The lowest BCUT2D eigenvalue weighted by molar-refractivity contribution is -0.143. The summed E-state index contributed by atoms with van der Waals surface area (Å²) in [6.45, 7) is 5.70. The SMILES string of the molecule is CCOC(=O)/C=C/C(=O)OCC(=O)Nc1ccc([C@H](C)CC)cc1. The molecule has 0 heterocycles. The van der Waals surface area contributed by atoms with Gasteiger partial charge in [-0.05, 0) is 37.0 Å². The second kappa shape index (κ2) is 10.2. The maximum atomic E-state index is 11.7. The largest absolute Gasteiger partial charge is 0.463 e. The van der Waals surface area contributed by atoms with E-state index >= 15 is 0 Å². The van der Waals surface area contributed by atoms with Crippen LogP contribution in [0, 0.1) is 0 Å². The molecule has 0 fully saturated rings. The highest BCUT2D eigenvalue weighted by molar-refractivity contribution is 5.95. The smallest absolute Gasteiger partial charge is 0.331 e. The Hall–Kier alpha value is -2.63. The van der Waals surface area contributed by atoms with Gasteiger partial charge in [0, 0.05) is 17.8 Å². The van der Waals surface area contributed by atoms with Crippen molar-refractivity contribution in [3.05, 3.63) is 42.0 Å². The third-order valence-corrected chi connectivity index (χ3v) is 3.36. The molecule has 0 aliphatic carbocycles. The number of carbonyl (C=O) groups excluding carboxylic acids is 3. The van der Waals surface area contributed by atoms with Crippen molar-refractivity contribution >= 4 is 23.5 Å². The summed E-state index contributed by atoms with van der Waals surface area (Å²) >= 11 is 0. The zero-order chi connectivity index (χ0) is 17.9. The first kappa shape index (κ1) is 19.4. The number of benzene rings is 1. The fraction of sp³-hybridized carbons (Fsp3) is 0.389. The molecule has 6 nitrogen and oxygen atoms in total. The van der Waals surface area contributed by atoms with Crippen LogP contribution in [-0.4, -0.2) is 31.1 Å². The summed E-state index contributed by atoms with van der Waals surface area (Å²) in [5.74, 6) is -1.42. The molecule has 130 valence electrons. The molecule has 0 radical (unpaired) electrons. The number of esters is 2. The number of amides is 1. The first-order valence-corrected chi connectivity index (χ1v) is 7.87. The molecule has 1 aromatic rings. The highest BCUT2D eigenvalue weighted by Crippen LogP contribution is 2.20. The molecular formula is C18H23NO5. The van der Waals surface area contributed by atoms with Gasteiger partial charge in [-0.25, -0.2) is 9.59 Å². The van der Waals surface area contributed by atoms with Crippen LogP contribution in [0.3, 0.4) is 0 Å². The molecule has 1 amide bonds. The van der Waals surface area contributed by atoms with Crippen LogP contribution in [0.4, 0.5) is 5.69 Å². The van der Waals surface area contributed by atoms with Crippen molar-refractivity contribution in [3.63, 3.8) is 0 Å². The molecule has 0 aliphatic heterocycles. The molecule has 1 N–H and O–H groups in total. The monoisotopic (exact) mass is 333 g/mol. The minimum absolute atomic E-state index is 0.219. The van der Waals surface area contributed by atoms with E-state index in [-0.39, 0.29) is 6.61 Å². The maximum absolute atomic E-state index is 11.7. The summed E-state index contributed by atoms with van der Waals surface area (Å²) in [6, 6.07) is 7.53. The molecule has 1 rings (SSSR count). The normalized spacial score (nSPS) is 11.8. The van der Waals surface area contributed by atoms with E-state index < -0.39 is 24.5 Å². The third-order valence-electron chi connectivity index (χ3n) is 3.36. The fourth-order valence-electron chi connectivity index (χ4n) is 1.84. The standard InChI is InChI=1S/C18H23NO5/c1-4-13(3)14-6-8-15(9-7-14)19-16(20)12-24-18(22)11-10-17(21)23-5-2/h6-11,13H,4-5,12H2,1-3H3,(H,19,20)/b11-10+/t13-/m1/s1. The molecule has 0 aromatic heterocycles. The zero-order valence-corrected chi connectivity index (χ0v) is 14.2. The Bertz CT molecular complexity index is 592. The van der Waals surface area contributed by atoms with Crippen molar-refractivity contribution in [1.29, 1.82) is 0 Å². The Labute approximate surface area is 141 Å². The lowest BCUT2D eigenvalue weighted by atomic mass is 9.99. The van der Waals surface area contributed by atoms with Gasteiger partial charge in [0.05, 0.1) is 6.61 Å². The van der Waals surface area contributed by atoms with Gasteiger partial charge >= 0.3 is 11.9 Å². The topological polar surface area (TPSA) is 81.7 Å². The Morgan fingerprint density at radius 3 is 2.17 bits per heavy atom. The average molecular weight is 333 g/mol. The Kier molecular flexibility index (Phi) is 8.25. The van der Waals surface area contributed by atoms with Crippen LogP contribution in [0.25, 0.3) is 0 Å². The minimum Gasteiger partial charge on any atom is -0.463 e. The predicted octanol–water partition coefficient (Wildman–Crippen LogP) is 2.80. The van der Waals surface area contributed by atoms with E-state index in [2.05, 4.69) is 23.9 Å². The summed E-state index contributed by atoms with van der Waals surface area (Å²) < 4.78 is 9.36. The molecule has 24 heavy (non-hydrogen) atoms. The lowest BCUT2D eigenvalue weighted by Crippen LogP contribution is -2.20. The molecule has 0 saturated heterocycles. The third kappa shape index (κ3) is 7.09. The predicted molar refractivity (Wildman–Crippen MR) is 90.5 cm³/mol. The number of nitrogens with one attached hydrogen (secondary N) is 1. The van der Waals surface area contributed by atoms with E-state index in [1.54, 1.807) is 6.92 Å². The summed E-state index contributed by atoms with van der Waals surface area (Å²) in [5.41, 5.74) is 1.83. The van der Waals surface area contributed by atoms with E-state index in [0.717, 1.165) is 18.6 Å². The number of ether oxygens (including phenoxy) is 2. The number of hydrogen-bond donors (Lipinski definition) is 1. The zero-order valence-electron chi connectivity index (χ0n) is 14.2. The van der Waals surface area contributed by atoms with Crippen LogP contribution in [-0.2, 0) is 23.9 Å². The van der Waals surface area contributed by atoms with Crippen molar-refractivity contribution in [2.24, 2.45) is 0 Å². The molecule has 0 unspecified atom stereocenters. The van der Waals surface area contributed by atoms with E-state index in [4.69, 9.17) is 4.74 Å². The fourth-order valence-corrected chi connectivity index (χ4v) is 1.84. The maximum Gasteiger partial charge on any atom is 0.331 e. The molecule has 0 aliphatic rings. The number of rotatable bonds is 8. The first-order valence-electron chi connectivity index (χ1n) is 7.87. The van der Waals surface area contributed by atoms with Gasteiger partial charge in [0.1, 0.15) is 0 Å². The van der Waals surface area contributed by atoms with Gasteiger partial charge in [-0.15, -0.1) is 0 Å². The van der Waals surface area contributed by atoms with Crippen molar-refractivity contribution in [2.45, 2.75) is 33.1 Å². The molecular weight excluding hydrogens is 310 g/mol. The second-order valence-corrected chi connectivity index (χ2v) is 5.17. The van der Waals surface area contributed by atoms with Crippen molar-refractivity contribution in [3.8, 4) is 0 Å².